The van der Waals surface area contributed by atoms with E-state index in [0.29, 0.717) is 31.4 Å². The lowest BCUT2D eigenvalue weighted by molar-refractivity contribution is -0.141. The number of carbonyl (C=O) groups is 2. The van der Waals surface area contributed by atoms with Gasteiger partial charge in [0.25, 0.3) is 0 Å². The number of hydrogen-bond donors (Lipinski definition) is 1. The largest absolute Gasteiger partial charge is 0.480 e. The molecule has 6 nitrogen and oxygen atoms in total. The molecule has 1 unspecified atom stereocenters. The van der Waals surface area contributed by atoms with E-state index < -0.39 is 12.0 Å². The molecule has 0 spiro atoms. The average Bonchev–Trinajstić information content (AvgIpc) is 2.87. The molecule has 0 radical (unpaired) electrons. The number of carboxylic acids is 1. The van der Waals surface area contributed by atoms with Crippen LogP contribution in [0.2, 0.25) is 0 Å². The van der Waals surface area contributed by atoms with Crippen LogP contribution in [0, 0.1) is 0 Å². The lowest BCUT2D eigenvalue weighted by Gasteiger charge is -2.38. The highest BCUT2D eigenvalue weighted by molar-refractivity contribution is 7.99. The fourth-order valence-corrected chi connectivity index (χ4v) is 3.38. The molecule has 0 aliphatic carbocycles. The first-order valence-corrected chi connectivity index (χ1v) is 7.26. The summed E-state index contributed by atoms with van der Waals surface area (Å²) in [6.07, 6.45) is 0.824. The fraction of sp³-hybridized carbons (Fsp3) is 0.818. The quantitative estimate of drug-likeness (QED) is 0.801. The van der Waals surface area contributed by atoms with Crippen LogP contribution in [0.5, 0.6) is 0 Å². The number of rotatable bonds is 2. The third-order valence-corrected chi connectivity index (χ3v) is 4.37. The van der Waals surface area contributed by atoms with Gasteiger partial charge in [-0.3, -0.25) is 0 Å². The SMILES string of the molecule is CCC1COCCN1C(=O)N1CSC[C@H]1C(=O)O. The summed E-state index contributed by atoms with van der Waals surface area (Å²) < 4.78 is 5.36. The van der Waals surface area contributed by atoms with E-state index in [2.05, 4.69) is 0 Å². The molecule has 2 fully saturated rings. The molecule has 102 valence electrons. The highest BCUT2D eigenvalue weighted by Crippen LogP contribution is 2.24. The van der Waals surface area contributed by atoms with Gasteiger partial charge in [0.2, 0.25) is 0 Å². The molecule has 0 aromatic carbocycles. The molecule has 2 aliphatic rings. The van der Waals surface area contributed by atoms with Crippen LogP contribution in [0.3, 0.4) is 0 Å². The first-order chi connectivity index (χ1) is 8.65. The molecule has 18 heavy (non-hydrogen) atoms. The summed E-state index contributed by atoms with van der Waals surface area (Å²) in [5, 5.41) is 9.10. The number of nitrogens with zero attached hydrogens (tertiary/aromatic N) is 2. The second kappa shape index (κ2) is 5.79. The van der Waals surface area contributed by atoms with Crippen molar-refractivity contribution < 1.29 is 19.4 Å². The van der Waals surface area contributed by atoms with E-state index in [0.717, 1.165) is 6.42 Å². The number of carbonyl (C=O) groups excluding carboxylic acids is 1. The van der Waals surface area contributed by atoms with Crippen molar-refractivity contribution in [3.8, 4) is 0 Å². The average molecular weight is 274 g/mol. The monoisotopic (exact) mass is 274 g/mol. The zero-order chi connectivity index (χ0) is 13.1. The Morgan fingerprint density at radius 3 is 2.89 bits per heavy atom. The van der Waals surface area contributed by atoms with Gasteiger partial charge in [-0.1, -0.05) is 6.92 Å². The highest BCUT2D eigenvalue weighted by Gasteiger charge is 2.39. The van der Waals surface area contributed by atoms with E-state index in [1.54, 1.807) is 4.90 Å². The van der Waals surface area contributed by atoms with Crippen LogP contribution in [0.15, 0.2) is 0 Å². The molecule has 2 rings (SSSR count). The molecule has 2 saturated heterocycles. The molecule has 0 bridgehead atoms. The zero-order valence-electron chi connectivity index (χ0n) is 10.4. The van der Waals surface area contributed by atoms with Crippen LogP contribution in [-0.4, -0.2) is 70.4 Å². The van der Waals surface area contributed by atoms with Crippen LogP contribution in [0.4, 0.5) is 4.79 Å². The molecule has 7 heteroatoms. The predicted octanol–water partition coefficient (Wildman–Crippen LogP) is 0.677. The van der Waals surface area contributed by atoms with Gasteiger partial charge in [0.05, 0.1) is 25.1 Å². The summed E-state index contributed by atoms with van der Waals surface area (Å²) in [5.74, 6) is 0.0147. The van der Waals surface area contributed by atoms with E-state index >= 15 is 0 Å². The van der Waals surface area contributed by atoms with E-state index in [1.807, 2.05) is 6.92 Å². The molecule has 2 atom stereocenters. The lowest BCUT2D eigenvalue weighted by atomic mass is 10.2. The van der Waals surface area contributed by atoms with E-state index in [9.17, 15) is 9.59 Å². The standard InChI is InChI=1S/C11H18N2O4S/c1-2-8-5-17-4-3-12(8)11(16)13-7-18-6-9(13)10(14)15/h8-9H,2-7H2,1H3,(H,14,15)/t8?,9-/m0/s1. The minimum absolute atomic E-state index is 0.0614. The van der Waals surface area contributed by atoms with Crippen molar-refractivity contribution in [3.05, 3.63) is 0 Å². The molecule has 0 aromatic rings. The van der Waals surface area contributed by atoms with Crippen LogP contribution in [-0.2, 0) is 9.53 Å². The Balaban J connectivity index is 2.07. The predicted molar refractivity (Wildman–Crippen MR) is 67.6 cm³/mol. The molecular formula is C11H18N2O4S. The molecule has 2 heterocycles. The molecule has 1 N–H and O–H groups in total. The Hall–Kier alpha value is -0.950. The Kier molecular flexibility index (Phi) is 4.34. The topological polar surface area (TPSA) is 70.1 Å². The van der Waals surface area contributed by atoms with Gasteiger partial charge in [-0.15, -0.1) is 11.8 Å². The molecule has 0 saturated carbocycles. The second-order valence-corrected chi connectivity index (χ2v) is 5.44. The maximum atomic E-state index is 12.4. The summed E-state index contributed by atoms with van der Waals surface area (Å²) in [5.41, 5.74) is 0. The van der Waals surface area contributed by atoms with Crippen molar-refractivity contribution in [1.82, 2.24) is 9.80 Å². The molecule has 2 aliphatic heterocycles. The maximum Gasteiger partial charge on any atom is 0.327 e. The number of carboxylic acid groups (broad SMARTS) is 1. The van der Waals surface area contributed by atoms with Crippen molar-refractivity contribution in [2.45, 2.75) is 25.4 Å². The Morgan fingerprint density at radius 1 is 1.44 bits per heavy atom. The van der Waals surface area contributed by atoms with Crippen molar-refractivity contribution in [3.63, 3.8) is 0 Å². The van der Waals surface area contributed by atoms with Gasteiger partial charge < -0.3 is 19.6 Å². The van der Waals surface area contributed by atoms with Gasteiger partial charge in [-0.2, -0.15) is 0 Å². The number of ether oxygens (including phenoxy) is 1. The summed E-state index contributed by atoms with van der Waals surface area (Å²) in [4.78, 5) is 26.7. The maximum absolute atomic E-state index is 12.4. The number of aliphatic carboxylic acids is 1. The van der Waals surface area contributed by atoms with E-state index in [4.69, 9.17) is 9.84 Å². The Bertz CT molecular complexity index is 339. The fourth-order valence-electron chi connectivity index (χ4n) is 2.25. The normalized spacial score (nSPS) is 28.5. The molecular weight excluding hydrogens is 256 g/mol. The van der Waals surface area contributed by atoms with Crippen molar-refractivity contribution in [2.75, 3.05) is 31.4 Å². The van der Waals surface area contributed by atoms with E-state index in [1.165, 1.54) is 16.7 Å². The lowest BCUT2D eigenvalue weighted by Crippen LogP contribution is -2.55. The zero-order valence-corrected chi connectivity index (χ0v) is 11.2. The number of hydrogen-bond acceptors (Lipinski definition) is 4. The summed E-state index contributed by atoms with van der Waals surface area (Å²) in [6.45, 7) is 3.62. The van der Waals surface area contributed by atoms with E-state index in [-0.39, 0.29) is 12.1 Å². The van der Waals surface area contributed by atoms with Gasteiger partial charge in [-0.05, 0) is 6.42 Å². The van der Waals surface area contributed by atoms with Crippen LogP contribution in [0.1, 0.15) is 13.3 Å². The van der Waals surface area contributed by atoms with Gasteiger partial charge in [0.15, 0.2) is 0 Å². The smallest absolute Gasteiger partial charge is 0.327 e. The van der Waals surface area contributed by atoms with Crippen molar-refractivity contribution >= 4 is 23.8 Å². The minimum atomic E-state index is -0.922. The van der Waals surface area contributed by atoms with Gasteiger partial charge in [0.1, 0.15) is 6.04 Å². The van der Waals surface area contributed by atoms with Gasteiger partial charge in [0, 0.05) is 12.3 Å². The first kappa shape index (κ1) is 13.5. The van der Waals surface area contributed by atoms with Crippen molar-refractivity contribution in [2.24, 2.45) is 0 Å². The Morgan fingerprint density at radius 2 is 2.22 bits per heavy atom. The van der Waals surface area contributed by atoms with Gasteiger partial charge >= 0.3 is 12.0 Å². The van der Waals surface area contributed by atoms with Crippen molar-refractivity contribution in [1.29, 1.82) is 0 Å². The van der Waals surface area contributed by atoms with Gasteiger partial charge in [-0.25, -0.2) is 9.59 Å². The molecule has 2 amide bonds. The third-order valence-electron chi connectivity index (χ3n) is 3.36. The Labute approximate surface area is 110 Å². The highest BCUT2D eigenvalue weighted by atomic mass is 32.2. The summed E-state index contributed by atoms with van der Waals surface area (Å²) in [7, 11) is 0. The number of amides is 2. The van der Waals surface area contributed by atoms with Crippen LogP contribution < -0.4 is 0 Å². The second-order valence-electron chi connectivity index (χ2n) is 4.44. The number of morpholine rings is 1. The summed E-state index contributed by atoms with van der Waals surface area (Å²) in [6, 6.07) is -0.795. The minimum Gasteiger partial charge on any atom is -0.480 e. The number of thioether (sulfide) groups is 1. The first-order valence-electron chi connectivity index (χ1n) is 6.10. The summed E-state index contributed by atoms with van der Waals surface area (Å²) >= 11 is 1.49. The van der Waals surface area contributed by atoms with Crippen LogP contribution in [0.25, 0.3) is 0 Å². The third kappa shape index (κ3) is 2.56. The van der Waals surface area contributed by atoms with Crippen LogP contribution >= 0.6 is 11.8 Å². The molecule has 0 aromatic heterocycles. The number of urea groups is 1.